The van der Waals surface area contributed by atoms with Crippen LogP contribution in [0.5, 0.6) is 5.75 Å². The highest BCUT2D eigenvalue weighted by Gasteiger charge is 2.23. The molecular weight excluding hydrogens is 316 g/mol. The normalized spacial score (nSPS) is 13.5. The van der Waals surface area contributed by atoms with Crippen LogP contribution in [0, 0.1) is 0 Å². The molecule has 0 bridgehead atoms. The topological polar surface area (TPSA) is 69.0 Å². The summed E-state index contributed by atoms with van der Waals surface area (Å²) in [5, 5.41) is 7.34. The number of methoxy groups -OCH3 is 1. The molecule has 2 aromatic heterocycles. The van der Waals surface area contributed by atoms with E-state index in [0.717, 1.165) is 35.5 Å². The molecule has 0 atom stereocenters. The number of pyridine rings is 1. The lowest BCUT2D eigenvalue weighted by Gasteiger charge is -2.04. The predicted molar refractivity (Wildman–Crippen MR) is 93.8 cm³/mol. The zero-order chi connectivity index (χ0) is 17.2. The third kappa shape index (κ3) is 3.38. The maximum atomic E-state index is 12.0. The molecule has 1 saturated carbocycles. The molecular formula is C19H18N4O2. The van der Waals surface area contributed by atoms with Crippen LogP contribution in [0.4, 0.5) is 0 Å². The lowest BCUT2D eigenvalue weighted by atomic mass is 10.2. The van der Waals surface area contributed by atoms with E-state index in [4.69, 9.17) is 4.74 Å². The van der Waals surface area contributed by atoms with Gasteiger partial charge < -0.3 is 10.1 Å². The van der Waals surface area contributed by atoms with Gasteiger partial charge in [0.15, 0.2) is 0 Å². The maximum Gasteiger partial charge on any atom is 0.253 e. The van der Waals surface area contributed by atoms with Crippen molar-refractivity contribution in [2.24, 2.45) is 0 Å². The maximum absolute atomic E-state index is 12.0. The molecule has 1 N–H and O–H groups in total. The first kappa shape index (κ1) is 15.4. The molecule has 0 radical (unpaired) electrons. The van der Waals surface area contributed by atoms with Gasteiger partial charge in [-0.3, -0.25) is 9.78 Å². The third-order valence-corrected chi connectivity index (χ3v) is 4.15. The summed E-state index contributed by atoms with van der Waals surface area (Å²) in [5.41, 5.74) is 3.19. The van der Waals surface area contributed by atoms with Gasteiger partial charge in [-0.25, -0.2) is 4.68 Å². The minimum Gasteiger partial charge on any atom is -0.497 e. The predicted octanol–water partition coefficient (Wildman–Crippen LogP) is 2.84. The third-order valence-electron chi connectivity index (χ3n) is 4.15. The van der Waals surface area contributed by atoms with E-state index in [1.165, 1.54) is 0 Å². The first-order chi connectivity index (χ1) is 12.2. The first-order valence-electron chi connectivity index (χ1n) is 8.19. The van der Waals surface area contributed by atoms with Gasteiger partial charge in [-0.05, 0) is 49.2 Å². The van der Waals surface area contributed by atoms with Crippen molar-refractivity contribution in [3.05, 3.63) is 60.6 Å². The van der Waals surface area contributed by atoms with Gasteiger partial charge in [-0.15, -0.1) is 0 Å². The fourth-order valence-corrected chi connectivity index (χ4v) is 2.53. The van der Waals surface area contributed by atoms with Crippen LogP contribution in [0.2, 0.25) is 0 Å². The zero-order valence-corrected chi connectivity index (χ0v) is 13.8. The highest BCUT2D eigenvalue weighted by atomic mass is 16.5. The number of carbonyl (C=O) groups is 1. The second kappa shape index (κ2) is 6.39. The second-order valence-electron chi connectivity index (χ2n) is 6.05. The average Bonchev–Trinajstić information content (AvgIpc) is 3.34. The highest BCUT2D eigenvalue weighted by molar-refractivity contribution is 5.94. The first-order valence-corrected chi connectivity index (χ1v) is 8.19. The molecule has 25 heavy (non-hydrogen) atoms. The summed E-state index contributed by atoms with van der Waals surface area (Å²) in [6, 6.07) is 11.6. The van der Waals surface area contributed by atoms with Crippen molar-refractivity contribution in [3.63, 3.8) is 0 Å². The van der Waals surface area contributed by atoms with Gasteiger partial charge in [0.1, 0.15) is 5.75 Å². The van der Waals surface area contributed by atoms with Crippen molar-refractivity contribution in [2.75, 3.05) is 7.11 Å². The van der Waals surface area contributed by atoms with Crippen LogP contribution in [0.15, 0.2) is 55.0 Å². The highest BCUT2D eigenvalue weighted by Crippen LogP contribution is 2.21. The van der Waals surface area contributed by atoms with Crippen molar-refractivity contribution < 1.29 is 9.53 Å². The Morgan fingerprint density at radius 1 is 1.16 bits per heavy atom. The van der Waals surface area contributed by atoms with Gasteiger partial charge >= 0.3 is 0 Å². The number of aromatic nitrogens is 3. The van der Waals surface area contributed by atoms with Gasteiger partial charge in [0, 0.05) is 24.0 Å². The molecule has 0 spiro atoms. The number of ether oxygens (including phenoxy) is 1. The molecule has 0 aliphatic heterocycles. The summed E-state index contributed by atoms with van der Waals surface area (Å²) in [6.07, 6.45) is 7.42. The number of hydrogen-bond acceptors (Lipinski definition) is 4. The molecule has 0 unspecified atom stereocenters. The zero-order valence-electron chi connectivity index (χ0n) is 13.8. The molecule has 1 amide bonds. The number of nitrogens with zero attached hydrogens (tertiary/aromatic N) is 3. The molecule has 0 saturated heterocycles. The van der Waals surface area contributed by atoms with Crippen molar-refractivity contribution in [2.45, 2.75) is 18.9 Å². The van der Waals surface area contributed by atoms with Crippen molar-refractivity contribution in [3.8, 4) is 22.7 Å². The number of nitrogens with one attached hydrogen (secondary N) is 1. The van der Waals surface area contributed by atoms with E-state index >= 15 is 0 Å². The standard InChI is InChI=1S/C19H18N4O2/c1-25-17-7-5-16(6-8-17)23-12-14(11-21-23)18-9-2-13(10-20-18)19(24)22-15-3-4-15/h2,5-12,15H,3-4H2,1H3,(H,22,24). The quantitative estimate of drug-likeness (QED) is 0.779. The van der Waals surface area contributed by atoms with Gasteiger partial charge in [-0.1, -0.05) is 0 Å². The van der Waals surface area contributed by atoms with Crippen LogP contribution < -0.4 is 10.1 Å². The molecule has 4 rings (SSSR count). The number of carbonyl (C=O) groups excluding carboxylic acids is 1. The van der Waals surface area contributed by atoms with E-state index in [1.807, 2.05) is 36.5 Å². The van der Waals surface area contributed by atoms with Gasteiger partial charge in [-0.2, -0.15) is 5.10 Å². The molecule has 6 nitrogen and oxygen atoms in total. The van der Waals surface area contributed by atoms with Crippen LogP contribution in [-0.4, -0.2) is 33.8 Å². The Morgan fingerprint density at radius 2 is 1.96 bits per heavy atom. The summed E-state index contributed by atoms with van der Waals surface area (Å²) in [7, 11) is 1.64. The Bertz CT molecular complexity index is 881. The SMILES string of the molecule is COc1ccc(-n2cc(-c3ccc(C(=O)NC4CC4)cn3)cn2)cc1. The summed E-state index contributed by atoms with van der Waals surface area (Å²) >= 11 is 0. The van der Waals surface area contributed by atoms with E-state index in [9.17, 15) is 4.79 Å². The monoisotopic (exact) mass is 334 g/mol. The average molecular weight is 334 g/mol. The van der Waals surface area contributed by atoms with Crippen LogP contribution in [0.25, 0.3) is 16.9 Å². The van der Waals surface area contributed by atoms with Crippen LogP contribution in [0.3, 0.4) is 0 Å². The molecule has 1 fully saturated rings. The minimum absolute atomic E-state index is 0.0597. The fourth-order valence-electron chi connectivity index (χ4n) is 2.53. The lowest BCUT2D eigenvalue weighted by molar-refractivity contribution is 0.0950. The Kier molecular flexibility index (Phi) is 3.93. The van der Waals surface area contributed by atoms with Gasteiger partial charge in [0.2, 0.25) is 0 Å². The van der Waals surface area contributed by atoms with Crippen LogP contribution in [-0.2, 0) is 0 Å². The van der Waals surface area contributed by atoms with E-state index in [2.05, 4.69) is 15.4 Å². The van der Waals surface area contributed by atoms with Gasteiger partial charge in [0.25, 0.3) is 5.91 Å². The number of benzene rings is 1. The largest absolute Gasteiger partial charge is 0.497 e. The van der Waals surface area contributed by atoms with E-state index in [-0.39, 0.29) is 5.91 Å². The van der Waals surface area contributed by atoms with Gasteiger partial charge in [0.05, 0.1) is 30.3 Å². The fraction of sp³-hybridized carbons (Fsp3) is 0.211. The Labute approximate surface area is 145 Å². The van der Waals surface area contributed by atoms with Crippen molar-refractivity contribution >= 4 is 5.91 Å². The summed E-state index contributed by atoms with van der Waals surface area (Å²) < 4.78 is 6.95. The molecule has 3 aromatic rings. The number of rotatable bonds is 5. The molecule has 1 aliphatic carbocycles. The molecule has 1 aromatic carbocycles. The number of hydrogen-bond donors (Lipinski definition) is 1. The van der Waals surface area contributed by atoms with Crippen LogP contribution in [0.1, 0.15) is 23.2 Å². The number of amides is 1. The molecule has 6 heteroatoms. The van der Waals surface area contributed by atoms with E-state index in [1.54, 1.807) is 30.3 Å². The Balaban J connectivity index is 1.51. The summed E-state index contributed by atoms with van der Waals surface area (Å²) in [4.78, 5) is 16.4. The Hall–Kier alpha value is -3.15. The van der Waals surface area contributed by atoms with E-state index in [0.29, 0.717) is 11.6 Å². The molecule has 1 aliphatic rings. The van der Waals surface area contributed by atoms with Crippen molar-refractivity contribution in [1.82, 2.24) is 20.1 Å². The van der Waals surface area contributed by atoms with Crippen molar-refractivity contribution in [1.29, 1.82) is 0 Å². The Morgan fingerprint density at radius 3 is 2.60 bits per heavy atom. The second-order valence-corrected chi connectivity index (χ2v) is 6.05. The molecule has 126 valence electrons. The van der Waals surface area contributed by atoms with E-state index < -0.39 is 0 Å². The lowest BCUT2D eigenvalue weighted by Crippen LogP contribution is -2.25. The van der Waals surface area contributed by atoms with Crippen LogP contribution >= 0.6 is 0 Å². The summed E-state index contributed by atoms with van der Waals surface area (Å²) in [5.74, 6) is 0.744. The summed E-state index contributed by atoms with van der Waals surface area (Å²) in [6.45, 7) is 0. The minimum atomic E-state index is -0.0597. The molecule has 2 heterocycles. The smallest absolute Gasteiger partial charge is 0.253 e.